The van der Waals surface area contributed by atoms with Crippen molar-refractivity contribution in [1.29, 1.82) is 0 Å². The molecule has 0 aromatic rings. The highest BCUT2D eigenvalue weighted by atomic mass is 19.4. The molecule has 0 bridgehead atoms. The first-order chi connectivity index (χ1) is 7.43. The predicted molar refractivity (Wildman–Crippen MR) is 47.6 cm³/mol. The normalized spacial score (nSPS) is 17.4. The van der Waals surface area contributed by atoms with Crippen molar-refractivity contribution in [3.05, 3.63) is 0 Å². The zero-order valence-corrected chi connectivity index (χ0v) is 8.50. The summed E-state index contributed by atoms with van der Waals surface area (Å²) in [5, 5.41) is 6.41. The molecule has 1 aliphatic heterocycles. The van der Waals surface area contributed by atoms with Crippen molar-refractivity contribution in [2.75, 3.05) is 13.1 Å². The lowest BCUT2D eigenvalue weighted by atomic mass is 10.2. The van der Waals surface area contributed by atoms with E-state index >= 15 is 0 Å². The molecule has 0 aromatic carbocycles. The number of esters is 1. The molecule has 0 aliphatic carbocycles. The number of nitrogens with zero attached hydrogens (tertiary/aromatic N) is 1. The molecule has 16 heavy (non-hydrogen) atoms. The summed E-state index contributed by atoms with van der Waals surface area (Å²) in [5.41, 5.74) is 0.668. The number of rotatable bonds is 4. The van der Waals surface area contributed by atoms with Gasteiger partial charge in [-0.2, -0.15) is 13.2 Å². The SMILES string of the molecule is CCC(ON=C1CNC1)OC(=O)C(F)(F)F. The Morgan fingerprint density at radius 1 is 1.56 bits per heavy atom. The van der Waals surface area contributed by atoms with Crippen molar-refractivity contribution in [3.63, 3.8) is 0 Å². The van der Waals surface area contributed by atoms with E-state index in [0.29, 0.717) is 18.8 Å². The van der Waals surface area contributed by atoms with Gasteiger partial charge in [-0.3, -0.25) is 0 Å². The number of halogens is 3. The fourth-order valence-electron chi connectivity index (χ4n) is 0.800. The van der Waals surface area contributed by atoms with Gasteiger partial charge in [-0.15, -0.1) is 0 Å². The maximum atomic E-state index is 11.8. The van der Waals surface area contributed by atoms with Gasteiger partial charge in [0.25, 0.3) is 6.29 Å². The van der Waals surface area contributed by atoms with Crippen molar-refractivity contribution in [2.45, 2.75) is 25.8 Å². The lowest BCUT2D eigenvalue weighted by Gasteiger charge is -2.19. The second-order valence-corrected chi connectivity index (χ2v) is 3.11. The molecule has 1 heterocycles. The third kappa shape index (κ3) is 3.69. The van der Waals surface area contributed by atoms with Crippen LogP contribution in [0.5, 0.6) is 0 Å². The number of hydrogen-bond acceptors (Lipinski definition) is 5. The molecule has 1 atom stereocenters. The van der Waals surface area contributed by atoms with Crippen LogP contribution in [0.25, 0.3) is 0 Å². The molecule has 0 amide bonds. The number of carbonyl (C=O) groups excluding carboxylic acids is 1. The topological polar surface area (TPSA) is 59.9 Å². The van der Waals surface area contributed by atoms with Gasteiger partial charge in [0.05, 0.1) is 5.71 Å². The smallest absolute Gasteiger partial charge is 0.416 e. The molecule has 1 saturated heterocycles. The molecular weight excluding hydrogens is 229 g/mol. The van der Waals surface area contributed by atoms with Gasteiger partial charge in [0.2, 0.25) is 0 Å². The van der Waals surface area contributed by atoms with E-state index < -0.39 is 18.4 Å². The highest BCUT2D eigenvalue weighted by Crippen LogP contribution is 2.18. The summed E-state index contributed by atoms with van der Waals surface area (Å²) in [7, 11) is 0. The van der Waals surface area contributed by atoms with E-state index in [4.69, 9.17) is 0 Å². The second kappa shape index (κ2) is 5.15. The minimum Gasteiger partial charge on any atom is -0.416 e. The number of ether oxygens (including phenoxy) is 1. The maximum absolute atomic E-state index is 11.8. The third-order valence-corrected chi connectivity index (χ3v) is 1.76. The Hall–Kier alpha value is -1.31. The Morgan fingerprint density at radius 2 is 2.19 bits per heavy atom. The Kier molecular flexibility index (Phi) is 4.11. The molecule has 1 fully saturated rings. The Bertz CT molecular complexity index is 285. The third-order valence-electron chi connectivity index (χ3n) is 1.76. The summed E-state index contributed by atoms with van der Waals surface area (Å²) in [6.45, 7) is 2.58. The summed E-state index contributed by atoms with van der Waals surface area (Å²) in [6, 6.07) is 0. The Morgan fingerprint density at radius 3 is 2.56 bits per heavy atom. The van der Waals surface area contributed by atoms with Crippen LogP contribution in [0.1, 0.15) is 13.3 Å². The minimum absolute atomic E-state index is 0.0893. The highest BCUT2D eigenvalue weighted by Gasteiger charge is 2.42. The quantitative estimate of drug-likeness (QED) is 0.448. The van der Waals surface area contributed by atoms with Gasteiger partial charge >= 0.3 is 12.1 Å². The summed E-state index contributed by atoms with van der Waals surface area (Å²) < 4.78 is 39.6. The molecule has 0 aromatic heterocycles. The molecule has 0 saturated carbocycles. The van der Waals surface area contributed by atoms with E-state index in [1.54, 1.807) is 0 Å². The van der Waals surface area contributed by atoms with Crippen LogP contribution in [0.4, 0.5) is 13.2 Å². The molecule has 0 radical (unpaired) electrons. The van der Waals surface area contributed by atoms with Crippen LogP contribution >= 0.6 is 0 Å². The zero-order valence-electron chi connectivity index (χ0n) is 8.50. The highest BCUT2D eigenvalue weighted by molar-refractivity contribution is 5.92. The summed E-state index contributed by atoms with van der Waals surface area (Å²) in [5.74, 6) is -2.27. The molecule has 1 unspecified atom stereocenters. The lowest BCUT2D eigenvalue weighted by Crippen LogP contribution is -2.43. The Balaban J connectivity index is 2.39. The molecule has 8 heteroatoms. The predicted octanol–water partition coefficient (Wildman–Crippen LogP) is 0.804. The number of carbonyl (C=O) groups is 1. The van der Waals surface area contributed by atoms with E-state index in [2.05, 4.69) is 20.0 Å². The van der Waals surface area contributed by atoms with Crippen LogP contribution < -0.4 is 5.32 Å². The van der Waals surface area contributed by atoms with E-state index in [-0.39, 0.29) is 6.42 Å². The monoisotopic (exact) mass is 240 g/mol. The van der Waals surface area contributed by atoms with E-state index in [0.717, 1.165) is 0 Å². The number of oxime groups is 1. The van der Waals surface area contributed by atoms with Crippen molar-refractivity contribution in [2.24, 2.45) is 5.16 Å². The Labute approximate surface area is 89.6 Å². The first-order valence-electron chi connectivity index (χ1n) is 4.63. The average Bonchev–Trinajstić information content (AvgIpc) is 2.11. The standard InChI is InChI=1S/C8H11F3N2O3/c1-2-6(15-7(14)8(9,10)11)16-13-5-3-12-4-5/h6,12H,2-4H2,1H3. The van der Waals surface area contributed by atoms with Crippen LogP contribution in [0.15, 0.2) is 5.16 Å². The minimum atomic E-state index is -5.01. The molecule has 1 rings (SSSR count). The summed E-state index contributed by atoms with van der Waals surface area (Å²) in [6.07, 6.45) is -6.23. The lowest BCUT2D eigenvalue weighted by molar-refractivity contribution is -0.226. The van der Waals surface area contributed by atoms with Gasteiger partial charge in [-0.25, -0.2) is 4.79 Å². The van der Waals surface area contributed by atoms with Crippen molar-refractivity contribution in [3.8, 4) is 0 Å². The maximum Gasteiger partial charge on any atom is 0.491 e. The first kappa shape index (κ1) is 12.8. The van der Waals surface area contributed by atoms with Crippen molar-refractivity contribution >= 4 is 11.7 Å². The van der Waals surface area contributed by atoms with E-state index in [1.165, 1.54) is 6.92 Å². The fourth-order valence-corrected chi connectivity index (χ4v) is 0.800. The van der Waals surface area contributed by atoms with Gasteiger partial charge in [-0.1, -0.05) is 12.1 Å². The van der Waals surface area contributed by atoms with E-state index in [1.807, 2.05) is 0 Å². The van der Waals surface area contributed by atoms with Crippen molar-refractivity contribution in [1.82, 2.24) is 5.32 Å². The number of hydrogen-bond donors (Lipinski definition) is 1. The molecule has 1 aliphatic rings. The van der Waals surface area contributed by atoms with Gasteiger partial charge in [0, 0.05) is 19.5 Å². The van der Waals surface area contributed by atoms with Gasteiger partial charge in [0.15, 0.2) is 0 Å². The zero-order chi connectivity index (χ0) is 12.2. The van der Waals surface area contributed by atoms with Crippen LogP contribution in [0.2, 0.25) is 0 Å². The molecule has 92 valence electrons. The van der Waals surface area contributed by atoms with Crippen LogP contribution in [0.3, 0.4) is 0 Å². The average molecular weight is 240 g/mol. The first-order valence-corrected chi connectivity index (χ1v) is 4.63. The molecule has 5 nitrogen and oxygen atoms in total. The van der Waals surface area contributed by atoms with E-state index in [9.17, 15) is 18.0 Å². The number of alkyl halides is 3. The molecule has 1 N–H and O–H groups in total. The molecule has 0 spiro atoms. The van der Waals surface area contributed by atoms with Gasteiger partial charge < -0.3 is 14.9 Å². The number of nitrogens with one attached hydrogen (secondary N) is 1. The second-order valence-electron chi connectivity index (χ2n) is 3.11. The van der Waals surface area contributed by atoms with Crippen LogP contribution in [-0.4, -0.2) is 37.2 Å². The van der Waals surface area contributed by atoms with Crippen molar-refractivity contribution < 1.29 is 27.5 Å². The van der Waals surface area contributed by atoms with Crippen LogP contribution in [-0.2, 0) is 14.4 Å². The van der Waals surface area contributed by atoms with Gasteiger partial charge in [0.1, 0.15) is 0 Å². The summed E-state index contributed by atoms with van der Waals surface area (Å²) in [4.78, 5) is 15.1. The molecular formula is C8H11F3N2O3. The summed E-state index contributed by atoms with van der Waals surface area (Å²) >= 11 is 0. The van der Waals surface area contributed by atoms with Gasteiger partial charge in [-0.05, 0) is 0 Å². The largest absolute Gasteiger partial charge is 0.491 e. The fraction of sp³-hybridized carbons (Fsp3) is 0.750. The van der Waals surface area contributed by atoms with Crippen LogP contribution in [0, 0.1) is 0 Å².